The number of ether oxygens (including phenoxy) is 1. The van der Waals surface area contributed by atoms with Crippen LogP contribution in [0.2, 0.25) is 0 Å². The molecule has 1 aromatic rings. The average molecular weight is 289 g/mol. The number of benzene rings is 1. The van der Waals surface area contributed by atoms with E-state index in [4.69, 9.17) is 15.7 Å². The van der Waals surface area contributed by atoms with Gasteiger partial charge in [-0.2, -0.15) is 5.26 Å². The summed E-state index contributed by atoms with van der Waals surface area (Å²) in [6.07, 6.45) is -0.458. The van der Waals surface area contributed by atoms with Gasteiger partial charge in [0.15, 0.2) is 0 Å². The standard InChI is InChI=1S/C15H19N3O3/c1-15(2,3)21-14(20)18-12(13(17)19)8-10-4-6-11(9-16)7-5-10/h4-7,12H,8H2,1-3H3,(H2,17,19)(H,18,20)/t12-/m1/s1. The summed E-state index contributed by atoms with van der Waals surface area (Å²) in [6.45, 7) is 5.19. The molecule has 21 heavy (non-hydrogen) atoms. The molecule has 3 N–H and O–H groups in total. The number of rotatable bonds is 4. The second-order valence-electron chi connectivity index (χ2n) is 5.61. The molecule has 0 aliphatic heterocycles. The van der Waals surface area contributed by atoms with E-state index in [0.29, 0.717) is 5.56 Å². The smallest absolute Gasteiger partial charge is 0.408 e. The molecule has 0 unspecified atom stereocenters. The van der Waals surface area contributed by atoms with Gasteiger partial charge >= 0.3 is 6.09 Å². The number of amides is 2. The van der Waals surface area contributed by atoms with E-state index in [9.17, 15) is 9.59 Å². The van der Waals surface area contributed by atoms with Crippen molar-refractivity contribution in [1.29, 1.82) is 5.26 Å². The van der Waals surface area contributed by atoms with Gasteiger partial charge in [-0.05, 0) is 38.5 Å². The number of nitrogens with two attached hydrogens (primary N) is 1. The molecule has 0 aliphatic rings. The summed E-state index contributed by atoms with van der Waals surface area (Å²) in [5, 5.41) is 11.2. The summed E-state index contributed by atoms with van der Waals surface area (Å²) in [7, 11) is 0. The molecular weight excluding hydrogens is 270 g/mol. The first-order chi connectivity index (χ1) is 9.71. The first-order valence-electron chi connectivity index (χ1n) is 6.49. The molecule has 6 heteroatoms. The van der Waals surface area contributed by atoms with Crippen molar-refractivity contribution in [3.63, 3.8) is 0 Å². The van der Waals surface area contributed by atoms with Crippen LogP contribution in [0.3, 0.4) is 0 Å². The Balaban J connectivity index is 2.72. The maximum absolute atomic E-state index is 11.7. The Morgan fingerprint density at radius 3 is 2.33 bits per heavy atom. The molecule has 2 amide bonds. The first-order valence-corrected chi connectivity index (χ1v) is 6.49. The van der Waals surface area contributed by atoms with Crippen molar-refractivity contribution >= 4 is 12.0 Å². The maximum atomic E-state index is 11.7. The number of nitrogens with one attached hydrogen (secondary N) is 1. The van der Waals surface area contributed by atoms with Crippen LogP contribution in [0.1, 0.15) is 31.9 Å². The van der Waals surface area contributed by atoms with Crippen molar-refractivity contribution in [2.45, 2.75) is 38.8 Å². The van der Waals surface area contributed by atoms with E-state index < -0.39 is 23.6 Å². The molecule has 1 rings (SSSR count). The normalized spacial score (nSPS) is 12.1. The Morgan fingerprint density at radius 2 is 1.90 bits per heavy atom. The Hall–Kier alpha value is -2.55. The molecular formula is C15H19N3O3. The topological polar surface area (TPSA) is 105 Å². The van der Waals surface area contributed by atoms with Crippen molar-refractivity contribution in [3.05, 3.63) is 35.4 Å². The minimum absolute atomic E-state index is 0.236. The lowest BCUT2D eigenvalue weighted by molar-refractivity contribution is -0.120. The van der Waals surface area contributed by atoms with Gasteiger partial charge in [0.25, 0.3) is 0 Å². The van der Waals surface area contributed by atoms with E-state index in [2.05, 4.69) is 5.32 Å². The number of primary amides is 1. The van der Waals surface area contributed by atoms with E-state index in [0.717, 1.165) is 5.56 Å². The SMILES string of the molecule is CC(C)(C)OC(=O)N[C@H](Cc1ccc(C#N)cc1)C(N)=O. The van der Waals surface area contributed by atoms with Crippen LogP contribution in [0.5, 0.6) is 0 Å². The lowest BCUT2D eigenvalue weighted by Gasteiger charge is -2.22. The van der Waals surface area contributed by atoms with Crippen LogP contribution in [0.15, 0.2) is 24.3 Å². The Kier molecular flexibility index (Phi) is 5.30. The molecule has 1 atom stereocenters. The van der Waals surface area contributed by atoms with E-state index in [1.54, 1.807) is 45.0 Å². The summed E-state index contributed by atoms with van der Waals surface area (Å²) in [4.78, 5) is 23.1. The molecule has 0 aromatic heterocycles. The van der Waals surface area contributed by atoms with Crippen LogP contribution >= 0.6 is 0 Å². The van der Waals surface area contributed by atoms with Crippen molar-refractivity contribution in [3.8, 4) is 6.07 Å². The zero-order valence-electron chi connectivity index (χ0n) is 12.3. The number of hydrogen-bond acceptors (Lipinski definition) is 4. The third kappa shape index (κ3) is 5.95. The summed E-state index contributed by atoms with van der Waals surface area (Å²) >= 11 is 0. The maximum Gasteiger partial charge on any atom is 0.408 e. The Bertz CT molecular complexity index is 553. The van der Waals surface area contributed by atoms with Gasteiger partial charge in [-0.25, -0.2) is 4.79 Å². The fourth-order valence-electron chi connectivity index (χ4n) is 1.62. The highest BCUT2D eigenvalue weighted by Gasteiger charge is 2.22. The largest absolute Gasteiger partial charge is 0.444 e. The fourth-order valence-corrected chi connectivity index (χ4v) is 1.62. The predicted octanol–water partition coefficient (Wildman–Crippen LogP) is 1.48. The van der Waals surface area contributed by atoms with Crippen LogP contribution in [0.4, 0.5) is 4.79 Å². The van der Waals surface area contributed by atoms with Gasteiger partial charge in [-0.3, -0.25) is 4.79 Å². The van der Waals surface area contributed by atoms with Gasteiger partial charge in [0, 0.05) is 6.42 Å². The molecule has 0 radical (unpaired) electrons. The van der Waals surface area contributed by atoms with Gasteiger partial charge in [-0.1, -0.05) is 12.1 Å². The van der Waals surface area contributed by atoms with Crippen LogP contribution in [0, 0.1) is 11.3 Å². The lowest BCUT2D eigenvalue weighted by Crippen LogP contribution is -2.47. The van der Waals surface area contributed by atoms with Gasteiger partial charge in [0.1, 0.15) is 11.6 Å². The molecule has 0 bridgehead atoms. The predicted molar refractivity (Wildman–Crippen MR) is 77.2 cm³/mol. The van der Waals surface area contributed by atoms with E-state index in [1.807, 2.05) is 6.07 Å². The highest BCUT2D eigenvalue weighted by atomic mass is 16.6. The minimum atomic E-state index is -0.868. The molecule has 112 valence electrons. The third-order valence-electron chi connectivity index (χ3n) is 2.56. The number of nitrogens with zero attached hydrogens (tertiary/aromatic N) is 1. The molecule has 0 saturated carbocycles. The van der Waals surface area contributed by atoms with Crippen molar-refractivity contribution in [1.82, 2.24) is 5.32 Å². The molecule has 0 spiro atoms. The van der Waals surface area contributed by atoms with Gasteiger partial charge < -0.3 is 15.8 Å². The molecule has 1 aromatic carbocycles. The molecule has 6 nitrogen and oxygen atoms in total. The number of alkyl carbamates (subject to hydrolysis) is 1. The zero-order valence-corrected chi connectivity index (χ0v) is 12.3. The quantitative estimate of drug-likeness (QED) is 0.875. The third-order valence-corrected chi connectivity index (χ3v) is 2.56. The van der Waals surface area contributed by atoms with Crippen LogP contribution in [-0.2, 0) is 16.0 Å². The fraction of sp³-hybridized carbons (Fsp3) is 0.400. The second kappa shape index (κ2) is 6.75. The Labute approximate surface area is 123 Å². The van der Waals surface area contributed by atoms with E-state index in [1.165, 1.54) is 0 Å². The highest BCUT2D eigenvalue weighted by Crippen LogP contribution is 2.09. The van der Waals surface area contributed by atoms with Crippen molar-refractivity contribution < 1.29 is 14.3 Å². The molecule has 0 aliphatic carbocycles. The average Bonchev–Trinajstić information content (AvgIpc) is 2.36. The number of nitriles is 1. The van der Waals surface area contributed by atoms with Crippen molar-refractivity contribution in [2.75, 3.05) is 0 Å². The minimum Gasteiger partial charge on any atom is -0.444 e. The number of carbonyl (C=O) groups excluding carboxylic acids is 2. The molecule has 0 heterocycles. The highest BCUT2D eigenvalue weighted by molar-refractivity contribution is 5.84. The van der Waals surface area contributed by atoms with Crippen LogP contribution < -0.4 is 11.1 Å². The Morgan fingerprint density at radius 1 is 1.33 bits per heavy atom. The monoisotopic (exact) mass is 289 g/mol. The molecule has 0 fully saturated rings. The lowest BCUT2D eigenvalue weighted by atomic mass is 10.0. The zero-order chi connectivity index (χ0) is 16.0. The van der Waals surface area contributed by atoms with Gasteiger partial charge in [-0.15, -0.1) is 0 Å². The van der Waals surface area contributed by atoms with E-state index in [-0.39, 0.29) is 6.42 Å². The van der Waals surface area contributed by atoms with Gasteiger partial charge in [0.2, 0.25) is 5.91 Å². The number of carbonyl (C=O) groups is 2. The number of hydrogen-bond donors (Lipinski definition) is 2. The van der Waals surface area contributed by atoms with Crippen molar-refractivity contribution in [2.24, 2.45) is 5.73 Å². The first kappa shape index (κ1) is 16.5. The summed E-state index contributed by atoms with van der Waals surface area (Å²) in [6, 6.07) is 7.85. The van der Waals surface area contributed by atoms with Gasteiger partial charge in [0.05, 0.1) is 11.6 Å². The van der Waals surface area contributed by atoms with E-state index >= 15 is 0 Å². The molecule has 0 saturated heterocycles. The summed E-state index contributed by atoms with van der Waals surface area (Å²) in [5.74, 6) is -0.648. The summed E-state index contributed by atoms with van der Waals surface area (Å²) in [5.41, 5.74) is 5.95. The summed E-state index contributed by atoms with van der Waals surface area (Å²) < 4.78 is 5.09. The second-order valence-corrected chi connectivity index (χ2v) is 5.61. The van der Waals surface area contributed by atoms with Crippen LogP contribution in [-0.4, -0.2) is 23.6 Å². The van der Waals surface area contributed by atoms with Crippen LogP contribution in [0.25, 0.3) is 0 Å².